The standard InChI is InChI=1S/C22H25N5O5S/c1-3-7-27-19(23)18(20(29)25-21(27)30)15(28)12-33-22-24-11-14(26(22)4-2)13-5-6-16-17(10-13)32-9-8-31-16/h5-6,10-11H,3-4,7-9,12,23H2,1-2H3,(H,25,29,30). The SMILES string of the molecule is CCCn1c(N)c(C(=O)CSc2ncc(-c3ccc4c(c3)OCCO4)n2CC)c(=O)[nH]c1=O. The third kappa shape index (κ3) is 4.40. The molecule has 3 aromatic rings. The van der Waals surface area contributed by atoms with Crippen molar-refractivity contribution in [3.05, 3.63) is 50.8 Å². The number of carbonyl (C=O) groups is 1. The Bertz CT molecular complexity index is 1310. The van der Waals surface area contributed by atoms with Crippen molar-refractivity contribution in [1.82, 2.24) is 19.1 Å². The summed E-state index contributed by atoms with van der Waals surface area (Å²) in [4.78, 5) is 43.8. The number of hydrogen-bond donors (Lipinski definition) is 2. The molecule has 0 atom stereocenters. The first-order valence-electron chi connectivity index (χ1n) is 10.7. The summed E-state index contributed by atoms with van der Waals surface area (Å²) in [6.45, 7) is 5.83. The van der Waals surface area contributed by atoms with Gasteiger partial charge in [-0.15, -0.1) is 0 Å². The lowest BCUT2D eigenvalue weighted by atomic mass is 10.1. The van der Waals surface area contributed by atoms with Crippen molar-refractivity contribution in [2.75, 3.05) is 24.7 Å². The van der Waals surface area contributed by atoms with Crippen LogP contribution in [0.4, 0.5) is 5.82 Å². The van der Waals surface area contributed by atoms with Crippen LogP contribution < -0.4 is 26.5 Å². The lowest BCUT2D eigenvalue weighted by molar-refractivity contribution is 0.102. The summed E-state index contributed by atoms with van der Waals surface area (Å²) in [6.07, 6.45) is 2.37. The fraction of sp³-hybridized carbons (Fsp3) is 0.364. The molecular formula is C22H25N5O5S. The maximum absolute atomic E-state index is 12.9. The number of fused-ring (bicyclic) bond motifs is 1. The van der Waals surface area contributed by atoms with E-state index in [0.717, 1.165) is 11.3 Å². The van der Waals surface area contributed by atoms with E-state index in [1.807, 2.05) is 36.6 Å². The van der Waals surface area contributed by atoms with E-state index in [9.17, 15) is 14.4 Å². The number of Topliss-reactive ketones (excluding diaryl/α,β-unsaturated/α-hetero) is 1. The number of ketones is 1. The highest BCUT2D eigenvalue weighted by Crippen LogP contribution is 2.35. The number of aromatic nitrogens is 4. The highest BCUT2D eigenvalue weighted by Gasteiger charge is 2.21. The van der Waals surface area contributed by atoms with E-state index >= 15 is 0 Å². The zero-order valence-electron chi connectivity index (χ0n) is 18.4. The molecule has 3 N–H and O–H groups in total. The van der Waals surface area contributed by atoms with Crippen LogP contribution in [0.2, 0.25) is 0 Å². The van der Waals surface area contributed by atoms with Gasteiger partial charge in [-0.05, 0) is 31.5 Å². The fourth-order valence-corrected chi connectivity index (χ4v) is 4.63. The van der Waals surface area contributed by atoms with Crippen LogP contribution in [0.15, 0.2) is 39.1 Å². The predicted molar refractivity (Wildman–Crippen MR) is 125 cm³/mol. The Balaban J connectivity index is 1.57. The van der Waals surface area contributed by atoms with Gasteiger partial charge in [0.25, 0.3) is 5.56 Å². The molecule has 0 aliphatic carbocycles. The van der Waals surface area contributed by atoms with Gasteiger partial charge < -0.3 is 19.8 Å². The molecule has 2 aromatic heterocycles. The van der Waals surface area contributed by atoms with E-state index in [2.05, 4.69) is 9.97 Å². The number of thioether (sulfide) groups is 1. The third-order valence-corrected chi connectivity index (χ3v) is 6.26. The van der Waals surface area contributed by atoms with Gasteiger partial charge in [0.1, 0.15) is 24.6 Å². The van der Waals surface area contributed by atoms with Gasteiger partial charge in [0.15, 0.2) is 22.4 Å². The number of nitrogens with one attached hydrogen (secondary N) is 1. The summed E-state index contributed by atoms with van der Waals surface area (Å²) >= 11 is 1.21. The van der Waals surface area contributed by atoms with Crippen LogP contribution in [0.3, 0.4) is 0 Å². The zero-order valence-corrected chi connectivity index (χ0v) is 19.2. The summed E-state index contributed by atoms with van der Waals surface area (Å²) in [5.41, 5.74) is 6.21. The first-order chi connectivity index (χ1) is 15.9. The molecule has 1 aromatic carbocycles. The minimum absolute atomic E-state index is 0.0464. The lowest BCUT2D eigenvalue weighted by Gasteiger charge is -2.19. The molecule has 11 heteroatoms. The van der Waals surface area contributed by atoms with E-state index < -0.39 is 17.0 Å². The first-order valence-corrected chi connectivity index (χ1v) is 11.7. The number of rotatable bonds is 8. The molecule has 0 bridgehead atoms. The summed E-state index contributed by atoms with van der Waals surface area (Å²) in [6, 6.07) is 5.72. The molecule has 0 radical (unpaired) electrons. The summed E-state index contributed by atoms with van der Waals surface area (Å²) in [5.74, 6) is 0.779. The van der Waals surface area contributed by atoms with Crippen LogP contribution in [0.1, 0.15) is 30.6 Å². The average molecular weight is 472 g/mol. The Morgan fingerprint density at radius 3 is 2.67 bits per heavy atom. The molecule has 0 fully saturated rings. The van der Waals surface area contributed by atoms with E-state index in [0.29, 0.717) is 49.4 Å². The highest BCUT2D eigenvalue weighted by atomic mass is 32.2. The number of carbonyl (C=O) groups excluding carboxylic acids is 1. The molecule has 1 aliphatic heterocycles. The fourth-order valence-electron chi connectivity index (χ4n) is 3.72. The molecule has 1 aliphatic rings. The minimum atomic E-state index is -0.772. The molecule has 3 heterocycles. The number of nitrogens with zero attached hydrogens (tertiary/aromatic N) is 3. The summed E-state index contributed by atoms with van der Waals surface area (Å²) in [7, 11) is 0. The van der Waals surface area contributed by atoms with Crippen LogP contribution >= 0.6 is 11.8 Å². The Hall–Kier alpha value is -3.47. The van der Waals surface area contributed by atoms with Crippen molar-refractivity contribution in [2.24, 2.45) is 0 Å². The smallest absolute Gasteiger partial charge is 0.329 e. The lowest BCUT2D eigenvalue weighted by Crippen LogP contribution is -2.36. The molecule has 10 nitrogen and oxygen atoms in total. The Morgan fingerprint density at radius 1 is 1.18 bits per heavy atom. The van der Waals surface area contributed by atoms with Gasteiger partial charge in [0.05, 0.1) is 17.6 Å². The number of imidazole rings is 1. The number of benzene rings is 1. The second-order valence-electron chi connectivity index (χ2n) is 7.41. The monoisotopic (exact) mass is 471 g/mol. The molecule has 4 rings (SSSR count). The van der Waals surface area contributed by atoms with Gasteiger partial charge >= 0.3 is 5.69 Å². The first kappa shape index (κ1) is 22.7. The minimum Gasteiger partial charge on any atom is -0.486 e. The third-order valence-electron chi connectivity index (χ3n) is 5.27. The Morgan fingerprint density at radius 2 is 1.94 bits per heavy atom. The van der Waals surface area contributed by atoms with Crippen LogP contribution in [-0.2, 0) is 13.1 Å². The number of H-pyrrole nitrogens is 1. The number of nitrogens with two attached hydrogens (primary N) is 1. The quantitative estimate of drug-likeness (QED) is 0.377. The zero-order chi connectivity index (χ0) is 23.5. The van der Waals surface area contributed by atoms with Crippen molar-refractivity contribution < 1.29 is 14.3 Å². The van der Waals surface area contributed by atoms with Crippen molar-refractivity contribution in [3.63, 3.8) is 0 Å². The van der Waals surface area contributed by atoms with E-state index in [1.165, 1.54) is 16.3 Å². The van der Waals surface area contributed by atoms with Crippen LogP contribution in [0.25, 0.3) is 11.3 Å². The second-order valence-corrected chi connectivity index (χ2v) is 8.35. The number of nitrogen functional groups attached to an aromatic ring is 1. The van der Waals surface area contributed by atoms with Gasteiger partial charge in [-0.2, -0.15) is 0 Å². The average Bonchev–Trinajstić information content (AvgIpc) is 3.23. The van der Waals surface area contributed by atoms with Crippen molar-refractivity contribution in [3.8, 4) is 22.8 Å². The topological polar surface area (TPSA) is 134 Å². The molecule has 0 amide bonds. The van der Waals surface area contributed by atoms with Gasteiger partial charge in [-0.1, -0.05) is 18.7 Å². The predicted octanol–water partition coefficient (Wildman–Crippen LogP) is 2.16. The molecular weight excluding hydrogens is 446 g/mol. The van der Waals surface area contributed by atoms with E-state index in [-0.39, 0.29) is 17.1 Å². The summed E-state index contributed by atoms with van der Waals surface area (Å²) < 4.78 is 14.5. The van der Waals surface area contributed by atoms with Crippen LogP contribution in [0, 0.1) is 0 Å². The largest absolute Gasteiger partial charge is 0.486 e. The molecule has 174 valence electrons. The number of ether oxygens (including phenoxy) is 2. The number of aromatic amines is 1. The van der Waals surface area contributed by atoms with Crippen molar-refractivity contribution in [2.45, 2.75) is 38.5 Å². The normalized spacial score (nSPS) is 12.7. The van der Waals surface area contributed by atoms with Crippen molar-refractivity contribution >= 4 is 23.4 Å². The Kier molecular flexibility index (Phi) is 6.59. The van der Waals surface area contributed by atoms with Gasteiger partial charge in [0.2, 0.25) is 0 Å². The molecule has 0 saturated heterocycles. The molecule has 33 heavy (non-hydrogen) atoms. The Labute approximate surface area is 193 Å². The molecule has 0 saturated carbocycles. The number of hydrogen-bond acceptors (Lipinski definition) is 8. The summed E-state index contributed by atoms with van der Waals surface area (Å²) in [5, 5.41) is 0.632. The number of anilines is 1. The molecule has 0 spiro atoms. The van der Waals surface area contributed by atoms with Gasteiger partial charge in [-0.3, -0.25) is 19.1 Å². The second kappa shape index (κ2) is 9.57. The van der Waals surface area contributed by atoms with Gasteiger partial charge in [-0.25, -0.2) is 9.78 Å². The van der Waals surface area contributed by atoms with E-state index in [1.54, 1.807) is 6.20 Å². The van der Waals surface area contributed by atoms with Crippen LogP contribution in [0.5, 0.6) is 11.5 Å². The maximum Gasteiger partial charge on any atom is 0.329 e. The van der Waals surface area contributed by atoms with E-state index in [4.69, 9.17) is 15.2 Å². The van der Waals surface area contributed by atoms with Crippen LogP contribution in [-0.4, -0.2) is 43.9 Å². The van der Waals surface area contributed by atoms with Crippen molar-refractivity contribution in [1.29, 1.82) is 0 Å². The molecule has 0 unspecified atom stereocenters. The maximum atomic E-state index is 12.9. The van der Waals surface area contributed by atoms with Gasteiger partial charge in [0, 0.05) is 18.7 Å². The highest BCUT2D eigenvalue weighted by molar-refractivity contribution is 7.99.